The van der Waals surface area contributed by atoms with Crippen LogP contribution in [-0.2, 0) is 15.6 Å². The number of amides is 1. The largest absolute Gasteiger partial charge is 0.354 e. The lowest BCUT2D eigenvalue weighted by molar-refractivity contribution is -0.121. The molecule has 4 nitrogen and oxygen atoms in total. The first-order valence-electron chi connectivity index (χ1n) is 4.82. The molecule has 0 saturated carbocycles. The zero-order chi connectivity index (χ0) is 11.0. The highest BCUT2D eigenvalue weighted by Crippen LogP contribution is 1.82. The third-order valence-electron chi connectivity index (χ3n) is 1.54. The van der Waals surface area contributed by atoms with Crippen LogP contribution in [0.15, 0.2) is 0 Å². The highest BCUT2D eigenvalue weighted by molar-refractivity contribution is 7.84. The first kappa shape index (κ1) is 13.6. The summed E-state index contributed by atoms with van der Waals surface area (Å²) >= 11 is 0. The van der Waals surface area contributed by atoms with Crippen LogP contribution in [0.2, 0.25) is 0 Å². The van der Waals surface area contributed by atoms with E-state index in [1.54, 1.807) is 6.26 Å². The molecule has 14 heavy (non-hydrogen) atoms. The molecule has 0 aromatic heterocycles. The molecule has 2 N–H and O–H groups in total. The van der Waals surface area contributed by atoms with Gasteiger partial charge in [0.2, 0.25) is 5.91 Å². The van der Waals surface area contributed by atoms with E-state index in [0.29, 0.717) is 25.3 Å². The molecule has 0 radical (unpaired) electrons. The molecule has 0 spiro atoms. The smallest absolute Gasteiger partial charge is 0.221 e. The highest BCUT2D eigenvalue weighted by Gasteiger charge is 2.01. The predicted octanol–water partition coefficient (Wildman–Crippen LogP) is -0.131. The van der Waals surface area contributed by atoms with Crippen molar-refractivity contribution in [3.05, 3.63) is 0 Å². The molecule has 1 unspecified atom stereocenters. The highest BCUT2D eigenvalue weighted by atomic mass is 32.2. The Hall–Kier alpha value is -0.420. The summed E-state index contributed by atoms with van der Waals surface area (Å²) in [6.07, 6.45) is 2.15. The Balaban J connectivity index is 3.27. The molecular weight excluding hydrogens is 200 g/mol. The van der Waals surface area contributed by atoms with Crippen LogP contribution in [0.1, 0.15) is 20.3 Å². The average Bonchev–Trinajstić information content (AvgIpc) is 2.01. The van der Waals surface area contributed by atoms with Crippen molar-refractivity contribution >= 4 is 16.7 Å². The zero-order valence-corrected chi connectivity index (χ0v) is 9.95. The van der Waals surface area contributed by atoms with Gasteiger partial charge in [-0.15, -0.1) is 0 Å². The molecule has 0 aromatic carbocycles. The van der Waals surface area contributed by atoms with E-state index >= 15 is 0 Å². The molecular formula is C9H20N2O2S. The van der Waals surface area contributed by atoms with Crippen LogP contribution in [0.4, 0.5) is 0 Å². The summed E-state index contributed by atoms with van der Waals surface area (Å²) in [5, 5.41) is 5.87. The Labute approximate surface area is 88.3 Å². The number of carbonyl (C=O) groups is 1. The minimum Gasteiger partial charge on any atom is -0.354 e. The van der Waals surface area contributed by atoms with Gasteiger partial charge in [0, 0.05) is 48.4 Å². The van der Waals surface area contributed by atoms with Crippen LogP contribution < -0.4 is 10.6 Å². The maximum Gasteiger partial charge on any atom is 0.221 e. The van der Waals surface area contributed by atoms with Crippen LogP contribution in [0.5, 0.6) is 0 Å². The van der Waals surface area contributed by atoms with Crippen molar-refractivity contribution in [2.45, 2.75) is 26.3 Å². The van der Waals surface area contributed by atoms with E-state index in [9.17, 15) is 9.00 Å². The van der Waals surface area contributed by atoms with Crippen LogP contribution in [0.3, 0.4) is 0 Å². The molecule has 0 aliphatic rings. The Morgan fingerprint density at radius 3 is 2.50 bits per heavy atom. The Kier molecular flexibility index (Phi) is 7.70. The van der Waals surface area contributed by atoms with Crippen LogP contribution in [0, 0.1) is 0 Å². The number of nitrogens with one attached hydrogen (secondary N) is 2. The lowest BCUT2D eigenvalue weighted by Crippen LogP contribution is -2.33. The van der Waals surface area contributed by atoms with Gasteiger partial charge in [-0.05, 0) is 13.8 Å². The van der Waals surface area contributed by atoms with Gasteiger partial charge in [0.05, 0.1) is 0 Å². The summed E-state index contributed by atoms with van der Waals surface area (Å²) in [5.74, 6) is 0.705. The molecule has 0 rings (SSSR count). The topological polar surface area (TPSA) is 58.2 Å². The minimum atomic E-state index is -0.752. The predicted molar refractivity (Wildman–Crippen MR) is 59.7 cm³/mol. The summed E-state index contributed by atoms with van der Waals surface area (Å²) in [4.78, 5) is 11.1. The summed E-state index contributed by atoms with van der Waals surface area (Å²) in [6, 6.07) is 0.200. The number of hydrogen-bond donors (Lipinski definition) is 2. The fraction of sp³-hybridized carbons (Fsp3) is 0.889. The number of carbonyl (C=O) groups excluding carboxylic acids is 1. The normalized spacial score (nSPS) is 12.9. The third-order valence-corrected chi connectivity index (χ3v) is 2.32. The third kappa shape index (κ3) is 9.67. The van der Waals surface area contributed by atoms with E-state index < -0.39 is 10.8 Å². The summed E-state index contributed by atoms with van der Waals surface area (Å²) < 4.78 is 10.7. The van der Waals surface area contributed by atoms with Crippen LogP contribution in [-0.4, -0.2) is 41.3 Å². The van der Waals surface area contributed by atoms with E-state index in [1.165, 1.54) is 0 Å². The minimum absolute atomic E-state index is 0.0603. The molecule has 0 fully saturated rings. The van der Waals surface area contributed by atoms with Crippen molar-refractivity contribution in [1.82, 2.24) is 10.6 Å². The molecule has 0 aliphatic carbocycles. The second kappa shape index (κ2) is 7.94. The first-order valence-corrected chi connectivity index (χ1v) is 6.55. The maximum atomic E-state index is 11.1. The van der Waals surface area contributed by atoms with Crippen LogP contribution >= 0.6 is 0 Å². The van der Waals surface area contributed by atoms with Gasteiger partial charge in [0.1, 0.15) is 0 Å². The van der Waals surface area contributed by atoms with Crippen molar-refractivity contribution in [3.8, 4) is 0 Å². The number of rotatable bonds is 7. The summed E-state index contributed by atoms with van der Waals surface area (Å²) in [7, 11) is -0.752. The van der Waals surface area contributed by atoms with Crippen molar-refractivity contribution in [2.75, 3.05) is 25.1 Å². The monoisotopic (exact) mass is 220 g/mol. The molecule has 0 bridgehead atoms. The van der Waals surface area contributed by atoms with Gasteiger partial charge >= 0.3 is 0 Å². The van der Waals surface area contributed by atoms with Crippen molar-refractivity contribution in [3.63, 3.8) is 0 Å². The SMILES string of the molecule is CC(C)NC(=O)CCNCCS(C)=O. The molecule has 84 valence electrons. The van der Waals surface area contributed by atoms with Gasteiger partial charge in [-0.25, -0.2) is 0 Å². The van der Waals surface area contributed by atoms with Crippen molar-refractivity contribution in [1.29, 1.82) is 0 Å². The zero-order valence-electron chi connectivity index (χ0n) is 9.13. The van der Waals surface area contributed by atoms with Crippen LogP contribution in [0.25, 0.3) is 0 Å². The quantitative estimate of drug-likeness (QED) is 0.588. The fourth-order valence-corrected chi connectivity index (χ4v) is 1.37. The van der Waals surface area contributed by atoms with E-state index in [0.717, 1.165) is 0 Å². The second-order valence-corrected chi connectivity index (χ2v) is 5.05. The van der Waals surface area contributed by atoms with E-state index in [4.69, 9.17) is 0 Å². The lowest BCUT2D eigenvalue weighted by atomic mass is 10.3. The molecule has 1 atom stereocenters. The standard InChI is InChI=1S/C9H20N2O2S/c1-8(2)11-9(12)4-5-10-6-7-14(3)13/h8,10H,4-7H2,1-3H3,(H,11,12). The van der Waals surface area contributed by atoms with Gasteiger partial charge in [-0.2, -0.15) is 0 Å². The van der Waals surface area contributed by atoms with Crippen molar-refractivity contribution < 1.29 is 9.00 Å². The summed E-state index contributed by atoms with van der Waals surface area (Å²) in [5.41, 5.74) is 0. The van der Waals surface area contributed by atoms with Gasteiger partial charge in [-0.3, -0.25) is 9.00 Å². The second-order valence-electron chi connectivity index (χ2n) is 3.50. The lowest BCUT2D eigenvalue weighted by Gasteiger charge is -2.08. The molecule has 0 heterocycles. The van der Waals surface area contributed by atoms with Gasteiger partial charge in [0.25, 0.3) is 0 Å². The van der Waals surface area contributed by atoms with Gasteiger partial charge in [-0.1, -0.05) is 0 Å². The van der Waals surface area contributed by atoms with Gasteiger partial charge < -0.3 is 10.6 Å². The Morgan fingerprint density at radius 2 is 2.00 bits per heavy atom. The Morgan fingerprint density at radius 1 is 1.36 bits per heavy atom. The van der Waals surface area contributed by atoms with E-state index in [1.807, 2.05) is 13.8 Å². The fourth-order valence-electron chi connectivity index (χ4n) is 0.937. The number of hydrogen-bond acceptors (Lipinski definition) is 3. The molecule has 5 heteroatoms. The molecule has 0 aromatic rings. The molecule has 1 amide bonds. The molecule has 0 saturated heterocycles. The first-order chi connectivity index (χ1) is 6.52. The van der Waals surface area contributed by atoms with Gasteiger partial charge in [0.15, 0.2) is 0 Å². The maximum absolute atomic E-state index is 11.1. The van der Waals surface area contributed by atoms with E-state index in [2.05, 4.69) is 10.6 Å². The average molecular weight is 220 g/mol. The van der Waals surface area contributed by atoms with Crippen molar-refractivity contribution in [2.24, 2.45) is 0 Å². The molecule has 0 aliphatic heterocycles. The Bertz CT molecular complexity index is 195. The summed E-state index contributed by atoms with van der Waals surface area (Å²) in [6.45, 7) is 5.23. The van der Waals surface area contributed by atoms with E-state index in [-0.39, 0.29) is 11.9 Å².